The number of hydrogen-bond donors (Lipinski definition) is 1. The molecule has 32 heavy (non-hydrogen) atoms. The summed E-state index contributed by atoms with van der Waals surface area (Å²) in [5.41, 5.74) is 7.31. The Kier molecular flexibility index (Phi) is 6.57. The number of aromatic nitrogens is 2. The minimum absolute atomic E-state index is 0.183. The molecular formula is C28H26N4. The fourth-order valence-electron chi connectivity index (χ4n) is 3.90. The normalized spacial score (nSPS) is 12.5. The summed E-state index contributed by atoms with van der Waals surface area (Å²) in [6.07, 6.45) is 8.38. The van der Waals surface area contributed by atoms with Crippen molar-refractivity contribution in [2.45, 2.75) is 32.2 Å². The molecule has 0 aliphatic carbocycles. The fraction of sp³-hybridized carbons (Fsp3) is 0.179. The van der Waals surface area contributed by atoms with Gasteiger partial charge in [-0.05, 0) is 60.2 Å². The first-order valence-corrected chi connectivity index (χ1v) is 10.8. The van der Waals surface area contributed by atoms with E-state index in [4.69, 9.17) is 5.26 Å². The van der Waals surface area contributed by atoms with Gasteiger partial charge in [-0.15, -0.1) is 0 Å². The summed E-state index contributed by atoms with van der Waals surface area (Å²) < 4.78 is 0. The van der Waals surface area contributed by atoms with Gasteiger partial charge >= 0.3 is 0 Å². The maximum Gasteiger partial charge on any atom is 0.0991 e. The lowest BCUT2D eigenvalue weighted by Crippen LogP contribution is -2.06. The number of nitrogens with zero attached hydrogens (tertiary/aromatic N) is 3. The van der Waals surface area contributed by atoms with E-state index >= 15 is 0 Å². The molecule has 4 aromatic rings. The highest BCUT2D eigenvalue weighted by Crippen LogP contribution is 2.27. The molecule has 0 spiro atoms. The molecule has 2 atom stereocenters. The molecule has 0 bridgehead atoms. The Morgan fingerprint density at radius 3 is 2.31 bits per heavy atom. The third-order valence-corrected chi connectivity index (χ3v) is 5.68. The van der Waals surface area contributed by atoms with Gasteiger partial charge < -0.3 is 5.32 Å². The van der Waals surface area contributed by atoms with Crippen LogP contribution in [0, 0.1) is 11.3 Å². The Bertz CT molecular complexity index is 1230. The van der Waals surface area contributed by atoms with Crippen molar-refractivity contribution in [2.24, 2.45) is 0 Å². The largest absolute Gasteiger partial charge is 0.377 e. The SMILES string of the molecule is CC(Cc1cncc(-c2cncc(N[C@@H](C)c3ccccc3)c2)c1)c1cccc(C#N)c1. The maximum absolute atomic E-state index is 9.17. The average molecular weight is 419 g/mol. The number of hydrogen-bond acceptors (Lipinski definition) is 4. The Morgan fingerprint density at radius 2 is 1.53 bits per heavy atom. The summed E-state index contributed by atoms with van der Waals surface area (Å²) in [6, 6.07) is 24.9. The third-order valence-electron chi connectivity index (χ3n) is 5.68. The smallest absolute Gasteiger partial charge is 0.0991 e. The van der Waals surface area contributed by atoms with E-state index in [0.29, 0.717) is 5.56 Å². The quantitative estimate of drug-likeness (QED) is 0.370. The molecule has 0 aliphatic rings. The van der Waals surface area contributed by atoms with Gasteiger partial charge in [-0.3, -0.25) is 9.97 Å². The second kappa shape index (κ2) is 9.89. The highest BCUT2D eigenvalue weighted by atomic mass is 14.9. The second-order valence-electron chi connectivity index (χ2n) is 8.16. The number of rotatable bonds is 7. The topological polar surface area (TPSA) is 61.6 Å². The molecule has 4 nitrogen and oxygen atoms in total. The van der Waals surface area contributed by atoms with Crippen molar-refractivity contribution in [1.82, 2.24) is 9.97 Å². The first-order valence-electron chi connectivity index (χ1n) is 10.8. The summed E-state index contributed by atoms with van der Waals surface area (Å²) in [6.45, 7) is 4.33. The van der Waals surface area contributed by atoms with Crippen molar-refractivity contribution < 1.29 is 0 Å². The van der Waals surface area contributed by atoms with E-state index in [0.717, 1.165) is 34.4 Å². The lowest BCUT2D eigenvalue weighted by atomic mass is 9.92. The van der Waals surface area contributed by atoms with Gasteiger partial charge in [0.2, 0.25) is 0 Å². The zero-order chi connectivity index (χ0) is 22.3. The van der Waals surface area contributed by atoms with E-state index in [1.165, 1.54) is 5.56 Å². The first-order chi connectivity index (χ1) is 15.6. The van der Waals surface area contributed by atoms with Gasteiger partial charge in [0.25, 0.3) is 0 Å². The zero-order valence-corrected chi connectivity index (χ0v) is 18.4. The van der Waals surface area contributed by atoms with Crippen molar-refractivity contribution in [3.8, 4) is 17.2 Å². The summed E-state index contributed by atoms with van der Waals surface area (Å²) in [5.74, 6) is 0.290. The van der Waals surface area contributed by atoms with E-state index in [9.17, 15) is 0 Å². The van der Waals surface area contributed by atoms with Crippen LogP contribution in [0.25, 0.3) is 11.1 Å². The Balaban J connectivity index is 1.50. The second-order valence-corrected chi connectivity index (χ2v) is 8.16. The first kappa shape index (κ1) is 21.3. The van der Waals surface area contributed by atoms with Crippen molar-refractivity contribution >= 4 is 5.69 Å². The molecule has 0 saturated carbocycles. The molecule has 0 fully saturated rings. The number of benzene rings is 2. The lowest BCUT2D eigenvalue weighted by Gasteiger charge is -2.16. The standard InChI is InChI=1S/C28H26N4/c1-20(25-10-6-7-22(12-25)15-29)11-23-13-26(17-30-16-23)27-14-28(19-31-18-27)32-21(2)24-8-4-3-5-9-24/h3-10,12-14,16-21,32H,11H2,1-2H3/t20?,21-/m0/s1. The van der Waals surface area contributed by atoms with Crippen LogP contribution in [-0.4, -0.2) is 9.97 Å². The predicted molar refractivity (Wildman–Crippen MR) is 129 cm³/mol. The van der Waals surface area contributed by atoms with Crippen LogP contribution in [0.1, 0.15) is 48.1 Å². The summed E-state index contributed by atoms with van der Waals surface area (Å²) >= 11 is 0. The molecule has 4 heteroatoms. The van der Waals surface area contributed by atoms with Gasteiger partial charge in [0.1, 0.15) is 0 Å². The molecule has 2 aromatic carbocycles. The Hall–Kier alpha value is -3.97. The molecule has 2 heterocycles. The van der Waals surface area contributed by atoms with E-state index in [-0.39, 0.29) is 12.0 Å². The number of nitrogens with one attached hydrogen (secondary N) is 1. The maximum atomic E-state index is 9.17. The van der Waals surface area contributed by atoms with E-state index in [2.05, 4.69) is 77.7 Å². The van der Waals surface area contributed by atoms with Crippen LogP contribution in [0.15, 0.2) is 91.5 Å². The van der Waals surface area contributed by atoms with Crippen LogP contribution >= 0.6 is 0 Å². The van der Waals surface area contributed by atoms with Crippen LogP contribution in [-0.2, 0) is 6.42 Å². The van der Waals surface area contributed by atoms with Gasteiger partial charge in [0.15, 0.2) is 0 Å². The molecule has 1 N–H and O–H groups in total. The minimum Gasteiger partial charge on any atom is -0.377 e. The molecule has 0 amide bonds. The number of pyridine rings is 2. The molecule has 2 aromatic heterocycles. The molecule has 4 rings (SSSR count). The molecule has 0 radical (unpaired) electrons. The highest BCUT2D eigenvalue weighted by Gasteiger charge is 2.10. The summed E-state index contributed by atoms with van der Waals surface area (Å²) in [4.78, 5) is 8.92. The average Bonchev–Trinajstić information content (AvgIpc) is 2.85. The molecule has 0 saturated heterocycles. The van der Waals surface area contributed by atoms with Crippen molar-refractivity contribution in [3.63, 3.8) is 0 Å². The predicted octanol–water partition coefficient (Wildman–Crippen LogP) is 6.53. The Labute approximate surface area is 189 Å². The fourth-order valence-corrected chi connectivity index (χ4v) is 3.90. The van der Waals surface area contributed by atoms with Crippen LogP contribution < -0.4 is 5.32 Å². The van der Waals surface area contributed by atoms with Gasteiger partial charge in [-0.25, -0.2) is 0 Å². The van der Waals surface area contributed by atoms with Crippen molar-refractivity contribution in [2.75, 3.05) is 5.32 Å². The van der Waals surface area contributed by atoms with Gasteiger partial charge in [-0.2, -0.15) is 5.26 Å². The summed E-state index contributed by atoms with van der Waals surface area (Å²) in [7, 11) is 0. The molecular weight excluding hydrogens is 392 g/mol. The van der Waals surface area contributed by atoms with Crippen LogP contribution in [0.4, 0.5) is 5.69 Å². The van der Waals surface area contributed by atoms with Crippen molar-refractivity contribution in [1.29, 1.82) is 5.26 Å². The van der Waals surface area contributed by atoms with Gasteiger partial charge in [0, 0.05) is 42.0 Å². The van der Waals surface area contributed by atoms with Crippen molar-refractivity contribution in [3.05, 3.63) is 114 Å². The van der Waals surface area contributed by atoms with Gasteiger partial charge in [0.05, 0.1) is 17.3 Å². The minimum atomic E-state index is 0.183. The zero-order valence-electron chi connectivity index (χ0n) is 18.4. The monoisotopic (exact) mass is 418 g/mol. The number of nitriles is 1. The highest BCUT2D eigenvalue weighted by molar-refractivity contribution is 5.66. The van der Waals surface area contributed by atoms with Gasteiger partial charge in [-0.1, -0.05) is 49.4 Å². The lowest BCUT2D eigenvalue weighted by molar-refractivity contribution is 0.756. The molecule has 1 unspecified atom stereocenters. The number of anilines is 1. The van der Waals surface area contributed by atoms with E-state index < -0.39 is 0 Å². The van der Waals surface area contributed by atoms with Crippen LogP contribution in [0.3, 0.4) is 0 Å². The van der Waals surface area contributed by atoms with Crippen LogP contribution in [0.5, 0.6) is 0 Å². The third kappa shape index (κ3) is 5.19. The molecule has 158 valence electrons. The molecule has 0 aliphatic heterocycles. The van der Waals surface area contributed by atoms with Crippen LogP contribution in [0.2, 0.25) is 0 Å². The Morgan fingerprint density at radius 1 is 0.812 bits per heavy atom. The van der Waals surface area contributed by atoms with E-state index in [1.54, 1.807) is 0 Å². The van der Waals surface area contributed by atoms with E-state index in [1.807, 2.05) is 49.1 Å². The summed E-state index contributed by atoms with van der Waals surface area (Å²) in [5, 5.41) is 12.7.